The smallest absolute Gasteiger partial charge is 0.224 e. The van der Waals surface area contributed by atoms with Crippen LogP contribution in [0.25, 0.3) is 0 Å². The zero-order chi connectivity index (χ0) is 15.9. The fraction of sp³-hybridized carbons (Fsp3) is 0.500. The molecule has 120 valence electrons. The van der Waals surface area contributed by atoms with Gasteiger partial charge >= 0.3 is 0 Å². The Kier molecular flexibility index (Phi) is 5.77. The SMILES string of the molecule is COc1ccc(C)cc1NC(=O)CCC(=O)N1CCOCC1. The first-order valence-corrected chi connectivity index (χ1v) is 7.40. The number of carbonyl (C=O) groups excluding carboxylic acids is 2. The lowest BCUT2D eigenvalue weighted by Gasteiger charge is -2.26. The normalized spacial score (nSPS) is 14.5. The Morgan fingerprint density at radius 2 is 2.00 bits per heavy atom. The van der Waals surface area contributed by atoms with E-state index >= 15 is 0 Å². The zero-order valence-corrected chi connectivity index (χ0v) is 13.1. The third-order valence-corrected chi connectivity index (χ3v) is 3.56. The molecule has 0 bridgehead atoms. The van der Waals surface area contributed by atoms with Gasteiger partial charge in [-0.3, -0.25) is 9.59 Å². The third-order valence-electron chi connectivity index (χ3n) is 3.56. The molecule has 1 aromatic rings. The Labute approximate surface area is 130 Å². The van der Waals surface area contributed by atoms with E-state index in [1.807, 2.05) is 25.1 Å². The molecule has 6 nitrogen and oxygen atoms in total. The van der Waals surface area contributed by atoms with E-state index in [4.69, 9.17) is 9.47 Å². The van der Waals surface area contributed by atoms with Crippen LogP contribution in [0.15, 0.2) is 18.2 Å². The molecule has 0 radical (unpaired) electrons. The Hall–Kier alpha value is -2.08. The number of hydrogen-bond acceptors (Lipinski definition) is 4. The van der Waals surface area contributed by atoms with Crippen molar-refractivity contribution in [2.75, 3.05) is 38.7 Å². The van der Waals surface area contributed by atoms with Crippen molar-refractivity contribution in [3.63, 3.8) is 0 Å². The largest absolute Gasteiger partial charge is 0.495 e. The van der Waals surface area contributed by atoms with Crippen LogP contribution in [-0.4, -0.2) is 50.1 Å². The van der Waals surface area contributed by atoms with E-state index in [0.29, 0.717) is 37.7 Å². The second kappa shape index (κ2) is 7.79. The number of rotatable bonds is 5. The van der Waals surface area contributed by atoms with Gasteiger partial charge in [-0.2, -0.15) is 0 Å². The summed E-state index contributed by atoms with van der Waals surface area (Å²) >= 11 is 0. The molecule has 0 saturated carbocycles. The van der Waals surface area contributed by atoms with Crippen LogP contribution < -0.4 is 10.1 Å². The summed E-state index contributed by atoms with van der Waals surface area (Å²) in [4.78, 5) is 25.8. The van der Waals surface area contributed by atoms with Gasteiger partial charge in [0.15, 0.2) is 0 Å². The van der Waals surface area contributed by atoms with Gasteiger partial charge in [0.1, 0.15) is 5.75 Å². The maximum absolute atomic E-state index is 12.0. The van der Waals surface area contributed by atoms with Crippen LogP contribution >= 0.6 is 0 Å². The monoisotopic (exact) mass is 306 g/mol. The Morgan fingerprint density at radius 3 is 2.68 bits per heavy atom. The highest BCUT2D eigenvalue weighted by Gasteiger charge is 2.18. The molecular weight excluding hydrogens is 284 g/mol. The first kappa shape index (κ1) is 16.3. The number of benzene rings is 1. The Morgan fingerprint density at radius 1 is 1.27 bits per heavy atom. The minimum atomic E-state index is -0.189. The highest BCUT2D eigenvalue weighted by atomic mass is 16.5. The lowest BCUT2D eigenvalue weighted by molar-refractivity contribution is -0.136. The van der Waals surface area contributed by atoms with E-state index in [2.05, 4.69) is 5.32 Å². The quantitative estimate of drug-likeness (QED) is 0.897. The number of methoxy groups -OCH3 is 1. The zero-order valence-electron chi connectivity index (χ0n) is 13.1. The van der Waals surface area contributed by atoms with Gasteiger partial charge < -0.3 is 19.7 Å². The second-order valence-electron chi connectivity index (χ2n) is 5.25. The summed E-state index contributed by atoms with van der Waals surface area (Å²) in [6.45, 7) is 4.28. The van der Waals surface area contributed by atoms with Gasteiger partial charge in [0.05, 0.1) is 26.0 Å². The van der Waals surface area contributed by atoms with Gasteiger partial charge in [-0.25, -0.2) is 0 Å². The minimum absolute atomic E-state index is 0.00495. The molecule has 0 atom stereocenters. The molecule has 1 aliphatic heterocycles. The molecule has 22 heavy (non-hydrogen) atoms. The number of hydrogen-bond donors (Lipinski definition) is 1. The predicted molar refractivity (Wildman–Crippen MR) is 83.0 cm³/mol. The molecule has 1 heterocycles. The van der Waals surface area contributed by atoms with E-state index in [1.165, 1.54) is 0 Å². The van der Waals surface area contributed by atoms with E-state index in [9.17, 15) is 9.59 Å². The van der Waals surface area contributed by atoms with Gasteiger partial charge in [-0.1, -0.05) is 6.07 Å². The van der Waals surface area contributed by atoms with Crippen LogP contribution in [0.3, 0.4) is 0 Å². The summed E-state index contributed by atoms with van der Waals surface area (Å²) in [5, 5.41) is 2.80. The van der Waals surface area contributed by atoms with Gasteiger partial charge in [0.25, 0.3) is 0 Å². The fourth-order valence-corrected chi connectivity index (χ4v) is 2.32. The molecule has 0 spiro atoms. The summed E-state index contributed by atoms with van der Waals surface area (Å²) in [5.41, 5.74) is 1.66. The molecule has 0 aliphatic carbocycles. The molecule has 6 heteroatoms. The number of ether oxygens (including phenoxy) is 2. The van der Waals surface area contributed by atoms with Gasteiger partial charge in [-0.05, 0) is 24.6 Å². The maximum Gasteiger partial charge on any atom is 0.224 e. The Balaban J connectivity index is 1.85. The standard InChI is InChI=1S/C16H22N2O4/c1-12-3-4-14(21-2)13(11-12)17-15(19)5-6-16(20)18-7-9-22-10-8-18/h3-4,11H,5-10H2,1-2H3,(H,17,19). The topological polar surface area (TPSA) is 67.9 Å². The first-order chi connectivity index (χ1) is 10.6. The number of nitrogens with one attached hydrogen (secondary N) is 1. The number of amides is 2. The lowest BCUT2D eigenvalue weighted by Crippen LogP contribution is -2.40. The second-order valence-corrected chi connectivity index (χ2v) is 5.25. The van der Waals surface area contributed by atoms with Crippen molar-refractivity contribution in [3.05, 3.63) is 23.8 Å². The molecule has 0 unspecified atom stereocenters. The van der Waals surface area contributed by atoms with Crippen molar-refractivity contribution in [1.82, 2.24) is 4.90 Å². The van der Waals surface area contributed by atoms with E-state index < -0.39 is 0 Å². The first-order valence-electron chi connectivity index (χ1n) is 7.40. The van der Waals surface area contributed by atoms with Crippen molar-refractivity contribution >= 4 is 17.5 Å². The van der Waals surface area contributed by atoms with Crippen LogP contribution in [0.2, 0.25) is 0 Å². The summed E-state index contributed by atoms with van der Waals surface area (Å²) in [7, 11) is 1.56. The average molecular weight is 306 g/mol. The molecular formula is C16H22N2O4. The number of nitrogens with zero attached hydrogens (tertiary/aromatic N) is 1. The molecule has 1 fully saturated rings. The molecule has 1 aromatic carbocycles. The number of aryl methyl sites for hydroxylation is 1. The maximum atomic E-state index is 12.0. The summed E-state index contributed by atoms with van der Waals surface area (Å²) in [6.07, 6.45) is 0.368. The van der Waals surface area contributed by atoms with E-state index in [0.717, 1.165) is 5.56 Å². The van der Waals surface area contributed by atoms with Crippen molar-refractivity contribution in [2.45, 2.75) is 19.8 Å². The van der Waals surface area contributed by atoms with Crippen LogP contribution in [-0.2, 0) is 14.3 Å². The van der Waals surface area contributed by atoms with Crippen LogP contribution in [0, 0.1) is 6.92 Å². The Bertz CT molecular complexity index is 539. The highest BCUT2D eigenvalue weighted by Crippen LogP contribution is 2.25. The molecule has 1 N–H and O–H groups in total. The highest BCUT2D eigenvalue weighted by molar-refractivity contribution is 5.94. The fourth-order valence-electron chi connectivity index (χ4n) is 2.32. The number of anilines is 1. The summed E-state index contributed by atoms with van der Waals surface area (Å²) in [6, 6.07) is 5.57. The van der Waals surface area contributed by atoms with Gasteiger partial charge in [0.2, 0.25) is 11.8 Å². The lowest BCUT2D eigenvalue weighted by atomic mass is 10.2. The van der Waals surface area contributed by atoms with Crippen molar-refractivity contribution < 1.29 is 19.1 Å². The number of morpholine rings is 1. The van der Waals surface area contributed by atoms with Crippen LogP contribution in [0.5, 0.6) is 5.75 Å². The van der Waals surface area contributed by atoms with Crippen molar-refractivity contribution in [3.8, 4) is 5.75 Å². The molecule has 1 aliphatic rings. The molecule has 1 saturated heterocycles. The molecule has 2 rings (SSSR count). The molecule has 0 aromatic heterocycles. The third kappa shape index (κ3) is 4.46. The summed E-state index contributed by atoms with van der Waals surface area (Å²) < 4.78 is 10.4. The van der Waals surface area contributed by atoms with Crippen LogP contribution in [0.4, 0.5) is 5.69 Å². The number of carbonyl (C=O) groups is 2. The van der Waals surface area contributed by atoms with Gasteiger partial charge in [-0.15, -0.1) is 0 Å². The minimum Gasteiger partial charge on any atom is -0.495 e. The van der Waals surface area contributed by atoms with Gasteiger partial charge in [0, 0.05) is 25.9 Å². The summed E-state index contributed by atoms with van der Waals surface area (Å²) in [5.74, 6) is 0.415. The van der Waals surface area contributed by atoms with Crippen LogP contribution in [0.1, 0.15) is 18.4 Å². The van der Waals surface area contributed by atoms with Crippen molar-refractivity contribution in [2.24, 2.45) is 0 Å². The van der Waals surface area contributed by atoms with Crippen molar-refractivity contribution in [1.29, 1.82) is 0 Å². The average Bonchev–Trinajstić information content (AvgIpc) is 2.53. The predicted octanol–water partition coefficient (Wildman–Crippen LogP) is 1.58. The van der Waals surface area contributed by atoms with E-state index in [-0.39, 0.29) is 24.7 Å². The molecule has 2 amide bonds. The van der Waals surface area contributed by atoms with E-state index in [1.54, 1.807) is 12.0 Å².